The summed E-state index contributed by atoms with van der Waals surface area (Å²) in [6.07, 6.45) is 0. The Labute approximate surface area is 122 Å². The van der Waals surface area contributed by atoms with Crippen molar-refractivity contribution >= 4 is 17.3 Å². The van der Waals surface area contributed by atoms with Crippen LogP contribution in [0.25, 0.3) is 10.6 Å². The molecule has 2 aromatic rings. The second-order valence-electron chi connectivity index (χ2n) is 4.97. The lowest BCUT2D eigenvalue weighted by atomic mass is 10.2. The molecular weight excluding hydrogens is 274 g/mol. The molecule has 20 heavy (non-hydrogen) atoms. The SMILES string of the molecule is Cc1nc(-c2ccc(OCC(C)C)cc2)sc1C(=O)O. The maximum absolute atomic E-state index is 11.0. The van der Waals surface area contributed by atoms with E-state index in [9.17, 15) is 4.79 Å². The quantitative estimate of drug-likeness (QED) is 0.909. The fourth-order valence-corrected chi connectivity index (χ4v) is 2.59. The van der Waals surface area contributed by atoms with E-state index < -0.39 is 5.97 Å². The van der Waals surface area contributed by atoms with Gasteiger partial charge in [0.25, 0.3) is 0 Å². The van der Waals surface area contributed by atoms with Crippen molar-refractivity contribution in [3.8, 4) is 16.3 Å². The number of aromatic nitrogens is 1. The minimum absolute atomic E-state index is 0.292. The van der Waals surface area contributed by atoms with Crippen molar-refractivity contribution in [3.05, 3.63) is 34.8 Å². The van der Waals surface area contributed by atoms with Crippen LogP contribution in [-0.2, 0) is 0 Å². The largest absolute Gasteiger partial charge is 0.493 e. The molecule has 4 nitrogen and oxygen atoms in total. The lowest BCUT2D eigenvalue weighted by molar-refractivity contribution is 0.0701. The van der Waals surface area contributed by atoms with E-state index in [0.717, 1.165) is 16.3 Å². The van der Waals surface area contributed by atoms with E-state index in [2.05, 4.69) is 18.8 Å². The molecule has 0 bridgehead atoms. The first-order chi connectivity index (χ1) is 9.47. The minimum atomic E-state index is -0.928. The number of rotatable bonds is 5. The van der Waals surface area contributed by atoms with Crippen molar-refractivity contribution in [2.24, 2.45) is 5.92 Å². The second-order valence-corrected chi connectivity index (χ2v) is 5.97. The minimum Gasteiger partial charge on any atom is -0.493 e. The highest BCUT2D eigenvalue weighted by Crippen LogP contribution is 2.29. The monoisotopic (exact) mass is 291 g/mol. The number of aromatic carboxylic acids is 1. The molecule has 1 N–H and O–H groups in total. The van der Waals surface area contributed by atoms with Gasteiger partial charge in [-0.1, -0.05) is 13.8 Å². The molecule has 0 fully saturated rings. The average molecular weight is 291 g/mol. The highest BCUT2D eigenvalue weighted by molar-refractivity contribution is 7.17. The van der Waals surface area contributed by atoms with Gasteiger partial charge in [-0.15, -0.1) is 11.3 Å². The van der Waals surface area contributed by atoms with Crippen LogP contribution in [0.1, 0.15) is 29.2 Å². The lowest BCUT2D eigenvalue weighted by Crippen LogP contribution is -2.04. The maximum atomic E-state index is 11.0. The highest BCUT2D eigenvalue weighted by Gasteiger charge is 2.14. The van der Waals surface area contributed by atoms with Crippen molar-refractivity contribution in [1.29, 1.82) is 0 Å². The highest BCUT2D eigenvalue weighted by atomic mass is 32.1. The van der Waals surface area contributed by atoms with Crippen molar-refractivity contribution in [2.45, 2.75) is 20.8 Å². The summed E-state index contributed by atoms with van der Waals surface area (Å²) in [5.41, 5.74) is 1.46. The number of hydrogen-bond acceptors (Lipinski definition) is 4. The molecule has 5 heteroatoms. The van der Waals surface area contributed by atoms with Gasteiger partial charge in [-0.3, -0.25) is 0 Å². The van der Waals surface area contributed by atoms with E-state index in [1.807, 2.05) is 24.3 Å². The zero-order valence-electron chi connectivity index (χ0n) is 11.7. The molecule has 0 amide bonds. The standard InChI is InChI=1S/C15H17NO3S/c1-9(2)8-19-12-6-4-11(5-7-12)14-16-10(3)13(20-14)15(17)18/h4-7,9H,8H2,1-3H3,(H,17,18). The van der Waals surface area contributed by atoms with E-state index in [-0.39, 0.29) is 0 Å². The predicted molar refractivity (Wildman–Crippen MR) is 79.6 cm³/mol. The molecule has 0 radical (unpaired) electrons. The van der Waals surface area contributed by atoms with Crippen LogP contribution in [0, 0.1) is 12.8 Å². The number of ether oxygens (including phenoxy) is 1. The topological polar surface area (TPSA) is 59.4 Å². The molecule has 1 aromatic heterocycles. The number of thiazole rings is 1. The first kappa shape index (κ1) is 14.5. The predicted octanol–water partition coefficient (Wildman–Crippen LogP) is 3.85. The van der Waals surface area contributed by atoms with Crippen LogP contribution in [0.4, 0.5) is 0 Å². The van der Waals surface area contributed by atoms with E-state index in [0.29, 0.717) is 23.1 Å². The second kappa shape index (κ2) is 6.05. The molecule has 1 heterocycles. The van der Waals surface area contributed by atoms with Crippen molar-refractivity contribution in [2.75, 3.05) is 6.61 Å². The lowest BCUT2D eigenvalue weighted by Gasteiger charge is -2.08. The normalized spacial score (nSPS) is 10.8. The summed E-state index contributed by atoms with van der Waals surface area (Å²) in [6, 6.07) is 7.57. The Hall–Kier alpha value is -1.88. The van der Waals surface area contributed by atoms with Crippen LogP contribution in [0.15, 0.2) is 24.3 Å². The molecule has 106 valence electrons. The summed E-state index contributed by atoms with van der Waals surface area (Å²) in [7, 11) is 0. The van der Waals surface area contributed by atoms with Crippen molar-refractivity contribution < 1.29 is 14.6 Å². The Kier molecular flexibility index (Phi) is 4.39. The fourth-order valence-electron chi connectivity index (χ4n) is 1.67. The molecule has 2 rings (SSSR count). The number of hydrogen-bond donors (Lipinski definition) is 1. The number of carboxylic acid groups (broad SMARTS) is 1. The smallest absolute Gasteiger partial charge is 0.347 e. The third-order valence-electron chi connectivity index (χ3n) is 2.68. The van der Waals surface area contributed by atoms with Gasteiger partial charge in [-0.05, 0) is 37.1 Å². The molecule has 0 unspecified atom stereocenters. The van der Waals surface area contributed by atoms with Gasteiger partial charge >= 0.3 is 5.97 Å². The third-order valence-corrected chi connectivity index (χ3v) is 3.87. The van der Waals surface area contributed by atoms with Gasteiger partial charge in [-0.2, -0.15) is 0 Å². The molecule has 0 saturated carbocycles. The Bertz CT molecular complexity index is 602. The number of carbonyl (C=O) groups is 1. The van der Waals surface area contributed by atoms with Crippen LogP contribution in [0.3, 0.4) is 0 Å². The van der Waals surface area contributed by atoms with E-state index in [1.54, 1.807) is 6.92 Å². The van der Waals surface area contributed by atoms with Crippen molar-refractivity contribution in [3.63, 3.8) is 0 Å². The fraction of sp³-hybridized carbons (Fsp3) is 0.333. The molecule has 0 aliphatic heterocycles. The van der Waals surface area contributed by atoms with Crippen LogP contribution in [-0.4, -0.2) is 22.7 Å². The number of aryl methyl sites for hydroxylation is 1. The summed E-state index contributed by atoms with van der Waals surface area (Å²) < 4.78 is 5.61. The molecule has 0 atom stereocenters. The van der Waals surface area contributed by atoms with Gasteiger partial charge in [0.2, 0.25) is 0 Å². The van der Waals surface area contributed by atoms with Crippen LogP contribution in [0.5, 0.6) is 5.75 Å². The van der Waals surface area contributed by atoms with Gasteiger partial charge in [-0.25, -0.2) is 9.78 Å². The van der Waals surface area contributed by atoms with Gasteiger partial charge in [0.05, 0.1) is 12.3 Å². The van der Waals surface area contributed by atoms with Crippen LogP contribution in [0.2, 0.25) is 0 Å². The molecule has 0 aliphatic rings. The summed E-state index contributed by atoms with van der Waals surface area (Å²) in [5, 5.41) is 9.76. The summed E-state index contributed by atoms with van der Waals surface area (Å²) in [5.74, 6) is 0.367. The van der Waals surface area contributed by atoms with Gasteiger partial charge in [0.15, 0.2) is 0 Å². The van der Waals surface area contributed by atoms with E-state index >= 15 is 0 Å². The summed E-state index contributed by atoms with van der Waals surface area (Å²) in [6.45, 7) is 6.59. The number of benzene rings is 1. The first-order valence-electron chi connectivity index (χ1n) is 6.41. The Morgan fingerprint density at radius 2 is 2.00 bits per heavy atom. The van der Waals surface area contributed by atoms with Crippen LogP contribution >= 0.6 is 11.3 Å². The summed E-state index contributed by atoms with van der Waals surface area (Å²) in [4.78, 5) is 15.6. The molecular formula is C15H17NO3S. The van der Waals surface area contributed by atoms with Gasteiger partial charge in [0, 0.05) is 5.56 Å². The third kappa shape index (κ3) is 3.36. The molecule has 0 aliphatic carbocycles. The Morgan fingerprint density at radius 1 is 1.35 bits per heavy atom. The van der Waals surface area contributed by atoms with Gasteiger partial charge in [0.1, 0.15) is 15.6 Å². The molecule has 0 spiro atoms. The zero-order valence-corrected chi connectivity index (χ0v) is 12.5. The Morgan fingerprint density at radius 3 is 2.50 bits per heavy atom. The van der Waals surface area contributed by atoms with Crippen molar-refractivity contribution in [1.82, 2.24) is 4.98 Å². The molecule has 0 saturated heterocycles. The first-order valence-corrected chi connectivity index (χ1v) is 7.23. The van der Waals surface area contributed by atoms with E-state index in [1.165, 1.54) is 11.3 Å². The maximum Gasteiger partial charge on any atom is 0.347 e. The zero-order chi connectivity index (χ0) is 14.7. The van der Waals surface area contributed by atoms with E-state index in [4.69, 9.17) is 9.84 Å². The Balaban J connectivity index is 2.17. The number of carboxylic acids is 1. The average Bonchev–Trinajstić information content (AvgIpc) is 2.79. The summed E-state index contributed by atoms with van der Waals surface area (Å²) >= 11 is 1.19. The van der Waals surface area contributed by atoms with Crippen LogP contribution < -0.4 is 4.74 Å². The number of nitrogens with zero attached hydrogens (tertiary/aromatic N) is 1. The molecule has 1 aromatic carbocycles. The van der Waals surface area contributed by atoms with Gasteiger partial charge < -0.3 is 9.84 Å².